The van der Waals surface area contributed by atoms with Crippen LogP contribution in [0.5, 0.6) is 0 Å². The zero-order chi connectivity index (χ0) is 12.4. The van der Waals surface area contributed by atoms with Gasteiger partial charge in [-0.2, -0.15) is 0 Å². The highest BCUT2D eigenvalue weighted by atomic mass is 15.2. The maximum atomic E-state index is 5.82. The zero-order valence-corrected chi connectivity index (χ0v) is 10.3. The Morgan fingerprint density at radius 3 is 2.18 bits per heavy atom. The van der Waals surface area contributed by atoms with Gasteiger partial charge in [0.2, 0.25) is 0 Å². The van der Waals surface area contributed by atoms with Crippen molar-refractivity contribution in [2.75, 3.05) is 17.7 Å². The highest BCUT2D eigenvalue weighted by molar-refractivity contribution is 5.68. The Bertz CT molecular complexity index is 516. The molecule has 0 saturated carbocycles. The predicted octanol–water partition coefficient (Wildman–Crippen LogP) is 2.44. The van der Waals surface area contributed by atoms with Crippen LogP contribution in [0.25, 0.3) is 0 Å². The molecular formula is C13H16N4. The normalized spacial score (nSPS) is 10.3. The summed E-state index contributed by atoms with van der Waals surface area (Å²) in [5, 5.41) is 0. The summed E-state index contributed by atoms with van der Waals surface area (Å²) in [7, 11) is 1.94. The number of nitrogens with zero attached hydrogens (tertiary/aromatic N) is 3. The number of hydrogen-bond acceptors (Lipinski definition) is 4. The topological polar surface area (TPSA) is 55.0 Å². The van der Waals surface area contributed by atoms with Crippen molar-refractivity contribution < 1.29 is 0 Å². The van der Waals surface area contributed by atoms with Gasteiger partial charge in [-0.1, -0.05) is 6.07 Å². The van der Waals surface area contributed by atoms with Crippen LogP contribution < -0.4 is 10.6 Å². The molecule has 0 spiro atoms. The average Bonchev–Trinajstić information content (AvgIpc) is 2.27. The first-order chi connectivity index (χ1) is 8.08. The molecule has 0 aliphatic rings. The Kier molecular flexibility index (Phi) is 2.95. The molecule has 1 aromatic heterocycles. The molecule has 0 radical (unpaired) electrons. The summed E-state index contributed by atoms with van der Waals surface area (Å²) >= 11 is 0. The third-order valence-electron chi connectivity index (χ3n) is 2.62. The van der Waals surface area contributed by atoms with Crippen LogP contribution in [-0.4, -0.2) is 17.0 Å². The van der Waals surface area contributed by atoms with Crippen LogP contribution in [0.3, 0.4) is 0 Å². The van der Waals surface area contributed by atoms with Crippen molar-refractivity contribution in [3.05, 3.63) is 41.7 Å². The van der Waals surface area contributed by atoms with E-state index in [1.165, 1.54) is 11.1 Å². The SMILES string of the molecule is Cc1cc(C)cc(N(C)c2nccnc2N)c1. The molecule has 0 bridgehead atoms. The molecule has 1 heterocycles. The predicted molar refractivity (Wildman–Crippen MR) is 70.4 cm³/mol. The van der Waals surface area contributed by atoms with E-state index in [4.69, 9.17) is 5.73 Å². The number of rotatable bonds is 2. The maximum absolute atomic E-state index is 5.82. The molecule has 0 aliphatic carbocycles. The van der Waals surface area contributed by atoms with Crippen molar-refractivity contribution in [1.82, 2.24) is 9.97 Å². The second kappa shape index (κ2) is 4.41. The molecule has 1 aromatic carbocycles. The summed E-state index contributed by atoms with van der Waals surface area (Å²) in [6.07, 6.45) is 3.24. The minimum absolute atomic E-state index is 0.439. The Morgan fingerprint density at radius 2 is 1.59 bits per heavy atom. The van der Waals surface area contributed by atoms with E-state index < -0.39 is 0 Å². The average molecular weight is 228 g/mol. The number of aryl methyl sites for hydroxylation is 2. The standard InChI is InChI=1S/C13H16N4/c1-9-6-10(2)8-11(7-9)17(3)13-12(14)15-4-5-16-13/h4-8H,1-3H3,(H2,14,15). The van der Waals surface area contributed by atoms with Crippen molar-refractivity contribution in [3.63, 3.8) is 0 Å². The fourth-order valence-corrected chi connectivity index (χ4v) is 1.87. The molecule has 88 valence electrons. The molecule has 0 amide bonds. The van der Waals surface area contributed by atoms with E-state index in [-0.39, 0.29) is 0 Å². The summed E-state index contributed by atoms with van der Waals surface area (Å²) in [6.45, 7) is 4.15. The van der Waals surface area contributed by atoms with Gasteiger partial charge in [-0.25, -0.2) is 9.97 Å². The van der Waals surface area contributed by atoms with Gasteiger partial charge in [-0.05, 0) is 37.1 Å². The summed E-state index contributed by atoms with van der Waals surface area (Å²) in [5.74, 6) is 1.12. The minimum atomic E-state index is 0.439. The van der Waals surface area contributed by atoms with Gasteiger partial charge in [0.05, 0.1) is 0 Å². The molecular weight excluding hydrogens is 212 g/mol. The molecule has 4 nitrogen and oxygen atoms in total. The highest BCUT2D eigenvalue weighted by Gasteiger charge is 2.09. The molecule has 2 aromatic rings. The second-order valence-corrected chi connectivity index (χ2v) is 4.17. The first kappa shape index (κ1) is 11.4. The van der Waals surface area contributed by atoms with Gasteiger partial charge in [0, 0.05) is 25.1 Å². The van der Waals surface area contributed by atoms with Crippen LogP contribution >= 0.6 is 0 Å². The first-order valence-electron chi connectivity index (χ1n) is 5.46. The third-order valence-corrected chi connectivity index (χ3v) is 2.62. The number of nitrogen functional groups attached to an aromatic ring is 1. The molecule has 2 N–H and O–H groups in total. The lowest BCUT2D eigenvalue weighted by Gasteiger charge is -2.20. The van der Waals surface area contributed by atoms with Gasteiger partial charge < -0.3 is 10.6 Å². The van der Waals surface area contributed by atoms with Crippen molar-refractivity contribution in [3.8, 4) is 0 Å². The van der Waals surface area contributed by atoms with Crippen LogP contribution in [-0.2, 0) is 0 Å². The summed E-state index contributed by atoms with van der Waals surface area (Å²) in [4.78, 5) is 10.2. The smallest absolute Gasteiger partial charge is 0.175 e. The number of hydrogen-bond donors (Lipinski definition) is 1. The van der Waals surface area contributed by atoms with Crippen molar-refractivity contribution >= 4 is 17.3 Å². The summed E-state index contributed by atoms with van der Waals surface area (Å²) in [6, 6.07) is 6.33. The van der Waals surface area contributed by atoms with Crippen LogP contribution in [0.15, 0.2) is 30.6 Å². The van der Waals surface area contributed by atoms with Crippen molar-refractivity contribution in [1.29, 1.82) is 0 Å². The van der Waals surface area contributed by atoms with E-state index in [1.807, 2.05) is 11.9 Å². The van der Waals surface area contributed by atoms with E-state index in [2.05, 4.69) is 42.0 Å². The lowest BCUT2D eigenvalue weighted by atomic mass is 10.1. The van der Waals surface area contributed by atoms with E-state index in [0.717, 1.165) is 5.69 Å². The summed E-state index contributed by atoms with van der Waals surface area (Å²) < 4.78 is 0. The van der Waals surface area contributed by atoms with Crippen molar-refractivity contribution in [2.24, 2.45) is 0 Å². The first-order valence-corrected chi connectivity index (χ1v) is 5.46. The van der Waals surface area contributed by atoms with Crippen LogP contribution in [0.2, 0.25) is 0 Å². The van der Waals surface area contributed by atoms with Crippen LogP contribution in [0, 0.1) is 13.8 Å². The molecule has 2 rings (SSSR count). The highest BCUT2D eigenvalue weighted by Crippen LogP contribution is 2.26. The molecule has 4 heteroatoms. The Morgan fingerprint density at radius 1 is 1.00 bits per heavy atom. The maximum Gasteiger partial charge on any atom is 0.175 e. The molecule has 0 fully saturated rings. The number of aromatic nitrogens is 2. The molecule has 17 heavy (non-hydrogen) atoms. The fourth-order valence-electron chi connectivity index (χ4n) is 1.87. The van der Waals surface area contributed by atoms with Crippen LogP contribution in [0.4, 0.5) is 17.3 Å². The molecule has 0 unspecified atom stereocenters. The Balaban J connectivity index is 2.43. The minimum Gasteiger partial charge on any atom is -0.381 e. The van der Waals surface area contributed by atoms with Gasteiger partial charge in [0.1, 0.15) is 0 Å². The number of anilines is 3. The number of benzene rings is 1. The zero-order valence-electron chi connectivity index (χ0n) is 10.3. The van der Waals surface area contributed by atoms with Crippen molar-refractivity contribution in [2.45, 2.75) is 13.8 Å². The van der Waals surface area contributed by atoms with Gasteiger partial charge in [0.25, 0.3) is 0 Å². The lowest BCUT2D eigenvalue weighted by Crippen LogP contribution is -2.14. The Labute approximate surface area is 101 Å². The fraction of sp³-hybridized carbons (Fsp3) is 0.231. The largest absolute Gasteiger partial charge is 0.381 e. The van der Waals surface area contributed by atoms with Gasteiger partial charge >= 0.3 is 0 Å². The van der Waals surface area contributed by atoms with E-state index in [1.54, 1.807) is 12.4 Å². The monoisotopic (exact) mass is 228 g/mol. The Hall–Kier alpha value is -2.10. The lowest BCUT2D eigenvalue weighted by molar-refractivity contribution is 1.09. The quantitative estimate of drug-likeness (QED) is 0.857. The van der Waals surface area contributed by atoms with Gasteiger partial charge in [0.15, 0.2) is 11.6 Å². The van der Waals surface area contributed by atoms with Gasteiger partial charge in [-0.3, -0.25) is 0 Å². The summed E-state index contributed by atoms with van der Waals surface area (Å²) in [5.41, 5.74) is 9.32. The van der Waals surface area contributed by atoms with E-state index >= 15 is 0 Å². The van der Waals surface area contributed by atoms with E-state index in [0.29, 0.717) is 11.6 Å². The second-order valence-electron chi connectivity index (χ2n) is 4.17. The third kappa shape index (κ3) is 2.36. The molecule has 0 atom stereocenters. The van der Waals surface area contributed by atoms with Gasteiger partial charge in [-0.15, -0.1) is 0 Å². The van der Waals surface area contributed by atoms with E-state index in [9.17, 15) is 0 Å². The number of nitrogens with two attached hydrogens (primary N) is 1. The van der Waals surface area contributed by atoms with Crippen LogP contribution in [0.1, 0.15) is 11.1 Å². The molecule has 0 saturated heterocycles. The molecule has 0 aliphatic heterocycles.